The molecule has 4 rings (SSSR count). The Morgan fingerprint density at radius 2 is 1.88 bits per heavy atom. The Kier molecular flexibility index (Phi) is 7.26. The van der Waals surface area contributed by atoms with E-state index in [0.29, 0.717) is 23.1 Å². The molecule has 6 nitrogen and oxygen atoms in total. The van der Waals surface area contributed by atoms with Crippen LogP contribution in [-0.2, 0) is 16.9 Å². The highest BCUT2D eigenvalue weighted by atomic mass is 35.5. The molecule has 0 amide bonds. The van der Waals surface area contributed by atoms with Crippen molar-refractivity contribution in [3.05, 3.63) is 95.4 Å². The summed E-state index contributed by atoms with van der Waals surface area (Å²) in [6.45, 7) is 2.14. The van der Waals surface area contributed by atoms with Crippen molar-refractivity contribution < 1.29 is 14.6 Å². The predicted molar refractivity (Wildman–Crippen MR) is 134 cm³/mol. The molecule has 1 atom stereocenters. The van der Waals surface area contributed by atoms with E-state index in [-0.39, 0.29) is 6.42 Å². The van der Waals surface area contributed by atoms with E-state index in [2.05, 4.69) is 9.97 Å². The van der Waals surface area contributed by atoms with Crippen LogP contribution in [0, 0.1) is 0 Å². The van der Waals surface area contributed by atoms with Crippen molar-refractivity contribution in [1.29, 1.82) is 0 Å². The third kappa shape index (κ3) is 5.99. The molecule has 0 aliphatic heterocycles. The summed E-state index contributed by atoms with van der Waals surface area (Å²) in [6, 6.07) is 23.7. The zero-order valence-electron chi connectivity index (χ0n) is 18.5. The number of nitrogens with zero attached hydrogens (tertiary/aromatic N) is 1. The number of imidazole rings is 1. The number of nitrogens with one attached hydrogen (secondary N) is 1. The summed E-state index contributed by atoms with van der Waals surface area (Å²) < 4.78 is 5.93. The Bertz CT molecular complexity index is 1290. The van der Waals surface area contributed by atoms with E-state index < -0.39 is 11.5 Å². The zero-order chi connectivity index (χ0) is 24.1. The lowest BCUT2D eigenvalue weighted by Crippen LogP contribution is -2.36. The summed E-state index contributed by atoms with van der Waals surface area (Å²) >= 11 is 8.16. The standard InChI is InChI=1S/C26H24ClN3O3S/c1-26(28,14-24(31)32)25-29-15-23(30-25)21-11-10-20(13-22(21)27)34-19-9-5-8-18(12-19)33-16-17-6-3-2-4-7-17/h2-13,15H,14,16,28H2,1H3,(H,29,30)(H,31,32)/t26-/m0/s1. The maximum absolute atomic E-state index is 11.1. The highest BCUT2D eigenvalue weighted by Crippen LogP contribution is 2.36. The van der Waals surface area contributed by atoms with Crippen LogP contribution in [0.5, 0.6) is 5.75 Å². The van der Waals surface area contributed by atoms with E-state index in [1.54, 1.807) is 24.9 Å². The SMILES string of the molecule is C[C@](N)(CC(=O)O)c1ncc(-c2ccc(Sc3cccc(OCc4ccccc4)c3)cc2Cl)[nH]1. The number of halogens is 1. The van der Waals surface area contributed by atoms with E-state index in [9.17, 15) is 4.79 Å². The second-order valence-corrected chi connectivity index (χ2v) is 9.68. The number of hydrogen-bond donors (Lipinski definition) is 3. The van der Waals surface area contributed by atoms with Crippen LogP contribution in [0.1, 0.15) is 24.7 Å². The van der Waals surface area contributed by atoms with E-state index in [0.717, 1.165) is 26.7 Å². The molecule has 0 fully saturated rings. The van der Waals surface area contributed by atoms with Crippen molar-refractivity contribution in [3.63, 3.8) is 0 Å². The van der Waals surface area contributed by atoms with Gasteiger partial charge in [-0.05, 0) is 42.8 Å². The molecular formula is C26H24ClN3O3S. The smallest absolute Gasteiger partial charge is 0.305 e. The van der Waals surface area contributed by atoms with Gasteiger partial charge in [0.25, 0.3) is 0 Å². The minimum absolute atomic E-state index is 0.239. The maximum atomic E-state index is 11.1. The molecular weight excluding hydrogens is 470 g/mol. The first-order valence-electron chi connectivity index (χ1n) is 10.6. The van der Waals surface area contributed by atoms with Gasteiger partial charge in [-0.1, -0.05) is 65.8 Å². The molecule has 0 aliphatic carbocycles. The third-order valence-electron chi connectivity index (χ3n) is 5.16. The summed E-state index contributed by atoms with van der Waals surface area (Å²) in [5.74, 6) is 0.205. The fraction of sp³-hybridized carbons (Fsp3) is 0.154. The molecule has 0 unspecified atom stereocenters. The molecule has 174 valence electrons. The van der Waals surface area contributed by atoms with Gasteiger partial charge < -0.3 is 20.6 Å². The number of aliphatic carboxylic acids is 1. The number of carboxylic acids is 1. The molecule has 1 aromatic heterocycles. The van der Waals surface area contributed by atoms with Gasteiger partial charge in [-0.15, -0.1) is 0 Å². The number of benzene rings is 3. The number of carboxylic acid groups (broad SMARTS) is 1. The molecule has 34 heavy (non-hydrogen) atoms. The number of ether oxygens (including phenoxy) is 1. The van der Waals surface area contributed by atoms with Gasteiger partial charge in [0.1, 0.15) is 18.2 Å². The van der Waals surface area contributed by atoms with Crippen LogP contribution in [0.4, 0.5) is 0 Å². The topological polar surface area (TPSA) is 101 Å². The van der Waals surface area contributed by atoms with Gasteiger partial charge in [0.05, 0.1) is 28.9 Å². The summed E-state index contributed by atoms with van der Waals surface area (Å²) in [7, 11) is 0. The van der Waals surface area contributed by atoms with Gasteiger partial charge in [-0.3, -0.25) is 4.79 Å². The molecule has 1 heterocycles. The highest BCUT2D eigenvalue weighted by molar-refractivity contribution is 7.99. The first-order valence-corrected chi connectivity index (χ1v) is 11.8. The van der Waals surface area contributed by atoms with Crippen molar-refractivity contribution in [2.24, 2.45) is 5.73 Å². The van der Waals surface area contributed by atoms with Gasteiger partial charge in [0, 0.05) is 15.4 Å². The summed E-state index contributed by atoms with van der Waals surface area (Å²) in [5.41, 5.74) is 7.56. The quantitative estimate of drug-likeness (QED) is 0.260. The van der Waals surface area contributed by atoms with Crippen molar-refractivity contribution in [3.8, 4) is 17.0 Å². The number of aromatic nitrogens is 2. The second-order valence-electron chi connectivity index (χ2n) is 8.13. The van der Waals surface area contributed by atoms with Crippen molar-refractivity contribution in [2.75, 3.05) is 0 Å². The summed E-state index contributed by atoms with van der Waals surface area (Å²) in [5, 5.41) is 9.63. The van der Waals surface area contributed by atoms with Gasteiger partial charge in [-0.25, -0.2) is 4.98 Å². The molecule has 4 aromatic rings. The van der Waals surface area contributed by atoms with E-state index >= 15 is 0 Å². The fourth-order valence-corrected chi connectivity index (χ4v) is 4.68. The Balaban J connectivity index is 1.45. The van der Waals surface area contributed by atoms with Crippen LogP contribution in [0.15, 0.2) is 88.8 Å². The molecule has 0 saturated carbocycles. The molecule has 0 bridgehead atoms. The minimum Gasteiger partial charge on any atom is -0.489 e. The molecule has 4 N–H and O–H groups in total. The van der Waals surface area contributed by atoms with Crippen LogP contribution in [-0.4, -0.2) is 21.0 Å². The number of carbonyl (C=O) groups is 1. The fourth-order valence-electron chi connectivity index (χ4n) is 3.43. The average Bonchev–Trinajstić information content (AvgIpc) is 3.29. The van der Waals surface area contributed by atoms with Crippen LogP contribution in [0.25, 0.3) is 11.3 Å². The van der Waals surface area contributed by atoms with Crippen LogP contribution >= 0.6 is 23.4 Å². The molecule has 8 heteroatoms. The van der Waals surface area contributed by atoms with Gasteiger partial charge in [0.2, 0.25) is 0 Å². The first kappa shape index (κ1) is 23.9. The lowest BCUT2D eigenvalue weighted by Gasteiger charge is -2.19. The highest BCUT2D eigenvalue weighted by Gasteiger charge is 2.28. The van der Waals surface area contributed by atoms with Crippen LogP contribution in [0.2, 0.25) is 5.02 Å². The first-order chi connectivity index (χ1) is 16.3. The number of rotatable bonds is 9. The maximum Gasteiger partial charge on any atom is 0.305 e. The van der Waals surface area contributed by atoms with Crippen molar-refractivity contribution in [1.82, 2.24) is 9.97 Å². The summed E-state index contributed by atoms with van der Waals surface area (Å²) in [6.07, 6.45) is 1.38. The normalized spacial score (nSPS) is 12.8. The Morgan fingerprint density at radius 3 is 2.62 bits per heavy atom. The average molecular weight is 494 g/mol. The monoisotopic (exact) mass is 493 g/mol. The van der Waals surface area contributed by atoms with Gasteiger partial charge in [-0.2, -0.15) is 0 Å². The van der Waals surface area contributed by atoms with Gasteiger partial charge >= 0.3 is 5.97 Å². The van der Waals surface area contributed by atoms with E-state index in [4.69, 9.17) is 27.2 Å². The predicted octanol–water partition coefficient (Wildman–Crippen LogP) is 6.11. The van der Waals surface area contributed by atoms with Crippen molar-refractivity contribution in [2.45, 2.75) is 35.3 Å². The second kappa shape index (κ2) is 10.3. The van der Waals surface area contributed by atoms with Crippen LogP contribution < -0.4 is 10.5 Å². The molecule has 3 aromatic carbocycles. The van der Waals surface area contributed by atoms with Crippen molar-refractivity contribution >= 4 is 29.3 Å². The lowest BCUT2D eigenvalue weighted by molar-refractivity contribution is -0.138. The Hall–Kier alpha value is -3.26. The largest absolute Gasteiger partial charge is 0.489 e. The number of hydrogen-bond acceptors (Lipinski definition) is 5. The Morgan fingerprint density at radius 1 is 1.12 bits per heavy atom. The molecule has 0 saturated heterocycles. The zero-order valence-corrected chi connectivity index (χ0v) is 20.1. The molecule has 0 aliphatic rings. The third-order valence-corrected chi connectivity index (χ3v) is 6.45. The minimum atomic E-state index is -1.11. The summed E-state index contributed by atoms with van der Waals surface area (Å²) in [4.78, 5) is 20.5. The molecule has 0 spiro atoms. The number of aromatic amines is 1. The Labute approximate surface area is 207 Å². The lowest BCUT2D eigenvalue weighted by atomic mass is 9.99. The molecule has 0 radical (unpaired) electrons. The van der Waals surface area contributed by atoms with Gasteiger partial charge in [0.15, 0.2) is 0 Å². The van der Waals surface area contributed by atoms with E-state index in [1.807, 2.05) is 72.8 Å². The number of H-pyrrole nitrogens is 1. The number of nitrogens with two attached hydrogens (primary N) is 1. The van der Waals surface area contributed by atoms with Crippen LogP contribution in [0.3, 0.4) is 0 Å². The van der Waals surface area contributed by atoms with E-state index in [1.165, 1.54) is 0 Å².